The van der Waals surface area contributed by atoms with E-state index in [4.69, 9.17) is 0 Å². The van der Waals surface area contributed by atoms with Gasteiger partial charge in [-0.3, -0.25) is 4.79 Å². The molecule has 18 heavy (non-hydrogen) atoms. The molecule has 3 unspecified atom stereocenters. The van der Waals surface area contributed by atoms with Crippen LogP contribution in [0, 0.1) is 19.8 Å². The first-order valence-corrected chi connectivity index (χ1v) is 7.29. The highest BCUT2D eigenvalue weighted by molar-refractivity contribution is 7.13. The quantitative estimate of drug-likeness (QED) is 0.860. The Hall–Kier alpha value is -0.940. The SMILES string of the molecule is Cc1nc(C)c(C(=O)NC2C(C)CCNC2C)s1. The highest BCUT2D eigenvalue weighted by Crippen LogP contribution is 2.20. The van der Waals surface area contributed by atoms with Crippen molar-refractivity contribution in [1.29, 1.82) is 0 Å². The molecule has 0 aliphatic carbocycles. The van der Waals surface area contributed by atoms with Crippen LogP contribution in [0.4, 0.5) is 0 Å². The minimum absolute atomic E-state index is 0.0190. The lowest BCUT2D eigenvalue weighted by Crippen LogP contribution is -2.55. The second-order valence-corrected chi connectivity index (χ2v) is 6.36. The van der Waals surface area contributed by atoms with Gasteiger partial charge in [-0.25, -0.2) is 4.98 Å². The highest BCUT2D eigenvalue weighted by atomic mass is 32.1. The van der Waals surface area contributed by atoms with E-state index < -0.39 is 0 Å². The summed E-state index contributed by atoms with van der Waals surface area (Å²) in [6, 6.07) is 0.528. The molecule has 1 aromatic rings. The van der Waals surface area contributed by atoms with Crippen LogP contribution in [-0.4, -0.2) is 29.5 Å². The average molecular weight is 267 g/mol. The van der Waals surface area contributed by atoms with Gasteiger partial charge in [0.1, 0.15) is 4.88 Å². The molecule has 0 radical (unpaired) electrons. The Morgan fingerprint density at radius 1 is 1.44 bits per heavy atom. The van der Waals surface area contributed by atoms with Gasteiger partial charge in [0.2, 0.25) is 0 Å². The second-order valence-electron chi connectivity index (χ2n) is 5.16. The van der Waals surface area contributed by atoms with Gasteiger partial charge in [-0.1, -0.05) is 6.92 Å². The third-order valence-corrected chi connectivity index (χ3v) is 4.70. The molecule has 2 N–H and O–H groups in total. The summed E-state index contributed by atoms with van der Waals surface area (Å²) in [5, 5.41) is 7.51. The fraction of sp³-hybridized carbons (Fsp3) is 0.692. The number of aryl methyl sites for hydroxylation is 2. The molecule has 100 valence electrons. The molecular weight excluding hydrogens is 246 g/mol. The first-order valence-electron chi connectivity index (χ1n) is 6.47. The van der Waals surface area contributed by atoms with Gasteiger partial charge in [-0.2, -0.15) is 0 Å². The molecule has 5 heteroatoms. The first-order chi connectivity index (χ1) is 8.49. The van der Waals surface area contributed by atoms with Gasteiger partial charge in [-0.05, 0) is 39.7 Å². The Balaban J connectivity index is 2.08. The maximum atomic E-state index is 12.3. The number of nitrogens with one attached hydrogen (secondary N) is 2. The van der Waals surface area contributed by atoms with Crippen LogP contribution in [0.25, 0.3) is 0 Å². The minimum atomic E-state index is 0.0190. The maximum absolute atomic E-state index is 12.3. The van der Waals surface area contributed by atoms with E-state index in [1.54, 1.807) is 0 Å². The summed E-state index contributed by atoms with van der Waals surface area (Å²) >= 11 is 1.47. The van der Waals surface area contributed by atoms with E-state index in [-0.39, 0.29) is 11.9 Å². The van der Waals surface area contributed by atoms with E-state index in [0.29, 0.717) is 12.0 Å². The number of nitrogens with zero attached hydrogens (tertiary/aromatic N) is 1. The Morgan fingerprint density at radius 2 is 2.17 bits per heavy atom. The first kappa shape index (κ1) is 13.5. The maximum Gasteiger partial charge on any atom is 0.263 e. The predicted octanol–water partition coefficient (Wildman–Crippen LogP) is 1.88. The minimum Gasteiger partial charge on any atom is -0.347 e. The van der Waals surface area contributed by atoms with Crippen molar-refractivity contribution in [3.05, 3.63) is 15.6 Å². The second kappa shape index (κ2) is 5.36. The van der Waals surface area contributed by atoms with Gasteiger partial charge in [-0.15, -0.1) is 11.3 Å². The van der Waals surface area contributed by atoms with E-state index in [9.17, 15) is 4.79 Å². The molecule has 2 rings (SSSR count). The van der Waals surface area contributed by atoms with E-state index >= 15 is 0 Å². The van der Waals surface area contributed by atoms with Crippen LogP contribution in [0.15, 0.2) is 0 Å². The number of rotatable bonds is 2. The summed E-state index contributed by atoms with van der Waals surface area (Å²) in [6.45, 7) is 9.19. The third-order valence-electron chi connectivity index (χ3n) is 3.63. The van der Waals surface area contributed by atoms with Crippen LogP contribution in [0.5, 0.6) is 0 Å². The number of aromatic nitrogens is 1. The summed E-state index contributed by atoms with van der Waals surface area (Å²) < 4.78 is 0. The normalized spacial score (nSPS) is 28.1. The number of thiazole rings is 1. The van der Waals surface area contributed by atoms with Crippen molar-refractivity contribution in [2.24, 2.45) is 5.92 Å². The number of carbonyl (C=O) groups excluding carboxylic acids is 1. The van der Waals surface area contributed by atoms with E-state index in [1.807, 2.05) is 13.8 Å². The summed E-state index contributed by atoms with van der Waals surface area (Å²) in [5.41, 5.74) is 0.832. The lowest BCUT2D eigenvalue weighted by atomic mass is 9.89. The molecule has 1 aromatic heterocycles. The number of piperidine rings is 1. The van der Waals surface area contributed by atoms with Crippen LogP contribution in [-0.2, 0) is 0 Å². The molecule has 4 nitrogen and oxygen atoms in total. The Labute approximate surface area is 112 Å². The van der Waals surface area contributed by atoms with Crippen LogP contribution in [0.3, 0.4) is 0 Å². The molecule has 1 fully saturated rings. The van der Waals surface area contributed by atoms with Crippen molar-refractivity contribution < 1.29 is 4.79 Å². The van der Waals surface area contributed by atoms with Crippen LogP contribution >= 0.6 is 11.3 Å². The van der Waals surface area contributed by atoms with E-state index in [0.717, 1.165) is 28.5 Å². The molecule has 1 amide bonds. The number of amides is 1. The predicted molar refractivity (Wildman–Crippen MR) is 74.1 cm³/mol. The van der Waals surface area contributed by atoms with Gasteiger partial charge < -0.3 is 10.6 Å². The standard InChI is InChI=1S/C13H21N3OS/c1-7-5-6-14-8(2)11(7)16-13(17)12-9(3)15-10(4)18-12/h7-8,11,14H,5-6H2,1-4H3,(H,16,17). The summed E-state index contributed by atoms with van der Waals surface area (Å²) in [4.78, 5) is 17.3. The van der Waals surface area contributed by atoms with Gasteiger partial charge >= 0.3 is 0 Å². The van der Waals surface area contributed by atoms with Crippen molar-refractivity contribution in [1.82, 2.24) is 15.6 Å². The van der Waals surface area contributed by atoms with Crippen molar-refractivity contribution >= 4 is 17.2 Å². The molecule has 0 saturated carbocycles. The Bertz CT molecular complexity index is 433. The van der Waals surface area contributed by atoms with E-state index in [2.05, 4.69) is 29.5 Å². The van der Waals surface area contributed by atoms with Crippen LogP contribution < -0.4 is 10.6 Å². The molecule has 1 saturated heterocycles. The number of hydrogen-bond donors (Lipinski definition) is 2. The van der Waals surface area contributed by atoms with Crippen LogP contribution in [0.2, 0.25) is 0 Å². The van der Waals surface area contributed by atoms with Crippen molar-refractivity contribution in [3.63, 3.8) is 0 Å². The smallest absolute Gasteiger partial charge is 0.263 e. The summed E-state index contributed by atoms with van der Waals surface area (Å²) in [7, 11) is 0. The Morgan fingerprint density at radius 3 is 2.72 bits per heavy atom. The molecule has 2 heterocycles. The highest BCUT2D eigenvalue weighted by Gasteiger charge is 2.29. The number of hydrogen-bond acceptors (Lipinski definition) is 4. The molecule has 1 aliphatic rings. The third kappa shape index (κ3) is 2.72. The largest absolute Gasteiger partial charge is 0.347 e. The van der Waals surface area contributed by atoms with Gasteiger partial charge in [0.05, 0.1) is 10.7 Å². The molecule has 3 atom stereocenters. The van der Waals surface area contributed by atoms with Gasteiger partial charge in [0.15, 0.2) is 0 Å². The van der Waals surface area contributed by atoms with Gasteiger partial charge in [0.25, 0.3) is 5.91 Å². The molecule has 0 aromatic carbocycles. The Kier molecular flexibility index (Phi) is 4.02. The molecule has 0 bridgehead atoms. The molecule has 1 aliphatic heterocycles. The topological polar surface area (TPSA) is 54.0 Å². The van der Waals surface area contributed by atoms with E-state index in [1.165, 1.54) is 11.3 Å². The summed E-state index contributed by atoms with van der Waals surface area (Å²) in [6.07, 6.45) is 1.11. The van der Waals surface area contributed by atoms with Crippen molar-refractivity contribution in [2.75, 3.05) is 6.54 Å². The van der Waals surface area contributed by atoms with Crippen molar-refractivity contribution in [3.8, 4) is 0 Å². The lowest BCUT2D eigenvalue weighted by Gasteiger charge is -2.35. The van der Waals surface area contributed by atoms with Crippen molar-refractivity contribution in [2.45, 2.75) is 46.2 Å². The zero-order chi connectivity index (χ0) is 13.3. The fourth-order valence-electron chi connectivity index (χ4n) is 2.56. The molecular formula is C13H21N3OS. The lowest BCUT2D eigenvalue weighted by molar-refractivity contribution is 0.0901. The molecule has 0 spiro atoms. The van der Waals surface area contributed by atoms with Crippen LogP contribution in [0.1, 0.15) is 40.6 Å². The fourth-order valence-corrected chi connectivity index (χ4v) is 3.39. The monoisotopic (exact) mass is 267 g/mol. The summed E-state index contributed by atoms with van der Waals surface area (Å²) in [5.74, 6) is 0.532. The van der Waals surface area contributed by atoms with Gasteiger partial charge in [0, 0.05) is 12.1 Å². The number of carbonyl (C=O) groups is 1. The zero-order valence-electron chi connectivity index (χ0n) is 11.4. The zero-order valence-corrected chi connectivity index (χ0v) is 12.2. The average Bonchev–Trinajstić information content (AvgIpc) is 2.63.